The Morgan fingerprint density at radius 1 is 1.24 bits per heavy atom. The molecule has 0 saturated heterocycles. The summed E-state index contributed by atoms with van der Waals surface area (Å²) in [6, 6.07) is 9.75. The second kappa shape index (κ2) is 5.27. The van der Waals surface area contributed by atoms with Gasteiger partial charge in [0.15, 0.2) is 5.82 Å². The van der Waals surface area contributed by atoms with E-state index in [4.69, 9.17) is 5.73 Å². The number of nitrogen functional groups attached to an aromatic ring is 1. The van der Waals surface area contributed by atoms with E-state index in [1.54, 1.807) is 0 Å². The van der Waals surface area contributed by atoms with Crippen LogP contribution in [0, 0.1) is 0 Å². The highest BCUT2D eigenvalue weighted by atomic mass is 79.9. The number of benzene rings is 1. The van der Waals surface area contributed by atoms with Crippen molar-refractivity contribution in [3.8, 4) is 11.4 Å². The standard InChI is InChI=1S/C13H14BrN3/c1-2-4-11-8-12(15)17-13(16-11)9-5-3-6-10(14)7-9/h3,5-8H,2,4H2,1H3,(H2,15,16,17). The maximum absolute atomic E-state index is 5.80. The predicted molar refractivity (Wildman–Crippen MR) is 73.6 cm³/mol. The van der Waals surface area contributed by atoms with Crippen LogP contribution in [0.5, 0.6) is 0 Å². The van der Waals surface area contributed by atoms with Gasteiger partial charge in [0, 0.05) is 21.8 Å². The third kappa shape index (κ3) is 3.03. The smallest absolute Gasteiger partial charge is 0.161 e. The third-order valence-corrected chi connectivity index (χ3v) is 2.88. The quantitative estimate of drug-likeness (QED) is 0.942. The molecule has 2 rings (SSSR count). The number of aromatic nitrogens is 2. The van der Waals surface area contributed by atoms with Gasteiger partial charge in [0.25, 0.3) is 0 Å². The van der Waals surface area contributed by atoms with Crippen molar-refractivity contribution >= 4 is 21.7 Å². The van der Waals surface area contributed by atoms with Crippen molar-refractivity contribution in [2.24, 2.45) is 0 Å². The molecule has 1 aromatic heterocycles. The lowest BCUT2D eigenvalue weighted by Crippen LogP contribution is -2.00. The summed E-state index contributed by atoms with van der Waals surface area (Å²) >= 11 is 3.44. The molecule has 4 heteroatoms. The average Bonchev–Trinajstić information content (AvgIpc) is 2.28. The zero-order chi connectivity index (χ0) is 12.3. The summed E-state index contributed by atoms with van der Waals surface area (Å²) in [6.07, 6.45) is 1.97. The maximum atomic E-state index is 5.80. The van der Waals surface area contributed by atoms with Gasteiger partial charge in [-0.3, -0.25) is 0 Å². The van der Waals surface area contributed by atoms with E-state index in [1.807, 2.05) is 30.3 Å². The van der Waals surface area contributed by atoms with Gasteiger partial charge >= 0.3 is 0 Å². The number of nitrogens with two attached hydrogens (primary N) is 1. The highest BCUT2D eigenvalue weighted by Gasteiger charge is 2.05. The summed E-state index contributed by atoms with van der Waals surface area (Å²) in [6.45, 7) is 2.12. The topological polar surface area (TPSA) is 51.8 Å². The van der Waals surface area contributed by atoms with Crippen LogP contribution in [0.15, 0.2) is 34.8 Å². The van der Waals surface area contributed by atoms with Gasteiger partial charge in [0.05, 0.1) is 0 Å². The van der Waals surface area contributed by atoms with E-state index in [9.17, 15) is 0 Å². The van der Waals surface area contributed by atoms with E-state index in [2.05, 4.69) is 32.8 Å². The molecule has 0 fully saturated rings. The van der Waals surface area contributed by atoms with E-state index in [0.29, 0.717) is 11.6 Å². The minimum absolute atomic E-state index is 0.526. The van der Waals surface area contributed by atoms with Crippen LogP contribution in [0.2, 0.25) is 0 Å². The van der Waals surface area contributed by atoms with Crippen LogP contribution in [0.3, 0.4) is 0 Å². The molecule has 0 spiro atoms. The molecule has 17 heavy (non-hydrogen) atoms. The van der Waals surface area contributed by atoms with E-state index >= 15 is 0 Å². The lowest BCUT2D eigenvalue weighted by Gasteiger charge is -2.05. The molecule has 0 amide bonds. The largest absolute Gasteiger partial charge is 0.384 e. The first kappa shape index (κ1) is 12.0. The van der Waals surface area contributed by atoms with Gasteiger partial charge < -0.3 is 5.73 Å². The molecule has 0 atom stereocenters. The van der Waals surface area contributed by atoms with Crippen LogP contribution < -0.4 is 5.73 Å². The normalized spacial score (nSPS) is 10.5. The van der Waals surface area contributed by atoms with Crippen molar-refractivity contribution in [3.05, 3.63) is 40.5 Å². The van der Waals surface area contributed by atoms with Gasteiger partial charge in [0.2, 0.25) is 0 Å². The number of hydrogen-bond acceptors (Lipinski definition) is 3. The lowest BCUT2D eigenvalue weighted by molar-refractivity contribution is 0.877. The fourth-order valence-corrected chi connectivity index (χ4v) is 2.06. The van der Waals surface area contributed by atoms with Gasteiger partial charge in [-0.25, -0.2) is 9.97 Å². The Hall–Kier alpha value is -1.42. The number of aryl methyl sites for hydroxylation is 1. The van der Waals surface area contributed by atoms with Gasteiger partial charge in [-0.2, -0.15) is 0 Å². The Kier molecular flexibility index (Phi) is 3.74. The molecular formula is C13H14BrN3. The van der Waals surface area contributed by atoms with Crippen LogP contribution in [-0.4, -0.2) is 9.97 Å². The molecule has 0 aliphatic carbocycles. The molecule has 0 radical (unpaired) electrons. The molecule has 2 aromatic rings. The van der Waals surface area contributed by atoms with Crippen molar-refractivity contribution in [1.82, 2.24) is 9.97 Å². The Labute approximate surface area is 109 Å². The molecule has 2 N–H and O–H groups in total. The molecular weight excluding hydrogens is 278 g/mol. The van der Waals surface area contributed by atoms with Crippen molar-refractivity contribution in [3.63, 3.8) is 0 Å². The predicted octanol–water partition coefficient (Wildman–Crippen LogP) is 3.44. The van der Waals surface area contributed by atoms with Crippen molar-refractivity contribution in [2.75, 3.05) is 5.73 Å². The minimum atomic E-state index is 0.526. The Balaban J connectivity index is 2.44. The molecule has 1 aromatic carbocycles. The highest BCUT2D eigenvalue weighted by molar-refractivity contribution is 9.10. The number of rotatable bonds is 3. The van der Waals surface area contributed by atoms with Crippen molar-refractivity contribution in [1.29, 1.82) is 0 Å². The van der Waals surface area contributed by atoms with E-state index in [-0.39, 0.29) is 0 Å². The molecule has 0 bridgehead atoms. The molecule has 0 saturated carbocycles. The second-order valence-corrected chi connectivity index (χ2v) is 4.78. The summed E-state index contributed by atoms with van der Waals surface area (Å²) in [4.78, 5) is 8.80. The van der Waals surface area contributed by atoms with Gasteiger partial charge in [-0.1, -0.05) is 41.4 Å². The fourth-order valence-electron chi connectivity index (χ4n) is 1.66. The number of halogens is 1. The SMILES string of the molecule is CCCc1cc(N)nc(-c2cccc(Br)c2)n1. The number of nitrogens with zero attached hydrogens (tertiary/aromatic N) is 2. The average molecular weight is 292 g/mol. The molecule has 0 aliphatic heterocycles. The van der Waals surface area contributed by atoms with E-state index in [1.165, 1.54) is 0 Å². The van der Waals surface area contributed by atoms with E-state index < -0.39 is 0 Å². The Morgan fingerprint density at radius 3 is 2.76 bits per heavy atom. The summed E-state index contributed by atoms with van der Waals surface area (Å²) in [5.74, 6) is 1.22. The zero-order valence-electron chi connectivity index (χ0n) is 9.65. The van der Waals surface area contributed by atoms with Crippen molar-refractivity contribution in [2.45, 2.75) is 19.8 Å². The summed E-state index contributed by atoms with van der Waals surface area (Å²) in [7, 11) is 0. The molecule has 3 nitrogen and oxygen atoms in total. The monoisotopic (exact) mass is 291 g/mol. The Morgan fingerprint density at radius 2 is 2.06 bits per heavy atom. The van der Waals surface area contributed by atoms with Crippen LogP contribution >= 0.6 is 15.9 Å². The highest BCUT2D eigenvalue weighted by Crippen LogP contribution is 2.21. The summed E-state index contributed by atoms with van der Waals surface area (Å²) < 4.78 is 1.01. The maximum Gasteiger partial charge on any atom is 0.161 e. The molecule has 0 aliphatic rings. The van der Waals surface area contributed by atoms with Gasteiger partial charge in [-0.15, -0.1) is 0 Å². The number of anilines is 1. The van der Waals surface area contributed by atoms with Crippen molar-refractivity contribution < 1.29 is 0 Å². The van der Waals surface area contributed by atoms with Crippen LogP contribution in [0.25, 0.3) is 11.4 Å². The summed E-state index contributed by atoms with van der Waals surface area (Å²) in [5, 5.41) is 0. The number of hydrogen-bond donors (Lipinski definition) is 1. The van der Waals surface area contributed by atoms with Crippen LogP contribution in [-0.2, 0) is 6.42 Å². The minimum Gasteiger partial charge on any atom is -0.384 e. The van der Waals surface area contributed by atoms with Crippen LogP contribution in [0.1, 0.15) is 19.0 Å². The van der Waals surface area contributed by atoms with Crippen LogP contribution in [0.4, 0.5) is 5.82 Å². The molecule has 88 valence electrons. The first-order chi connectivity index (χ1) is 8.19. The molecule has 0 unspecified atom stereocenters. The first-order valence-corrected chi connectivity index (χ1v) is 6.37. The third-order valence-electron chi connectivity index (χ3n) is 2.39. The summed E-state index contributed by atoms with van der Waals surface area (Å²) in [5.41, 5.74) is 7.77. The lowest BCUT2D eigenvalue weighted by atomic mass is 10.2. The fraction of sp³-hybridized carbons (Fsp3) is 0.231. The Bertz CT molecular complexity index is 526. The first-order valence-electron chi connectivity index (χ1n) is 5.58. The zero-order valence-corrected chi connectivity index (χ0v) is 11.2. The van der Waals surface area contributed by atoms with Gasteiger partial charge in [-0.05, 0) is 18.6 Å². The second-order valence-electron chi connectivity index (χ2n) is 3.87. The molecule has 1 heterocycles. The van der Waals surface area contributed by atoms with Gasteiger partial charge in [0.1, 0.15) is 5.82 Å². The van der Waals surface area contributed by atoms with E-state index in [0.717, 1.165) is 28.6 Å².